The maximum absolute atomic E-state index is 12.2. The molecule has 3 heteroatoms. The van der Waals surface area contributed by atoms with E-state index in [0.29, 0.717) is 5.41 Å². The fourth-order valence-electron chi connectivity index (χ4n) is 2.37. The van der Waals surface area contributed by atoms with E-state index in [1.807, 2.05) is 13.8 Å². The van der Waals surface area contributed by atoms with Crippen LogP contribution in [0.1, 0.15) is 40.0 Å². The minimum Gasteiger partial charge on any atom is -0.341 e. The third-order valence-electron chi connectivity index (χ3n) is 3.70. The van der Waals surface area contributed by atoms with E-state index < -0.39 is 0 Å². The Morgan fingerprint density at radius 2 is 2.07 bits per heavy atom. The molecule has 2 fully saturated rings. The summed E-state index contributed by atoms with van der Waals surface area (Å²) in [5.41, 5.74) is 0.0415. The fourth-order valence-corrected chi connectivity index (χ4v) is 2.37. The molecule has 1 heterocycles. The molecule has 1 saturated heterocycles. The van der Waals surface area contributed by atoms with E-state index in [4.69, 9.17) is 0 Å². The third-order valence-corrected chi connectivity index (χ3v) is 3.70. The molecule has 3 nitrogen and oxygen atoms in total. The van der Waals surface area contributed by atoms with E-state index in [2.05, 4.69) is 17.1 Å². The summed E-state index contributed by atoms with van der Waals surface area (Å²) >= 11 is 0. The van der Waals surface area contributed by atoms with E-state index in [1.165, 1.54) is 12.8 Å². The van der Waals surface area contributed by atoms with Gasteiger partial charge in [-0.3, -0.25) is 4.79 Å². The smallest absolute Gasteiger partial charge is 0.242 e. The van der Waals surface area contributed by atoms with Crippen LogP contribution in [0.25, 0.3) is 0 Å². The molecular formula is C12H22N2O. The number of rotatable bonds is 2. The zero-order chi connectivity index (χ0) is 11.1. The zero-order valence-electron chi connectivity index (χ0n) is 10.1. The number of amides is 1. The molecule has 1 aliphatic carbocycles. The number of hydrogen-bond acceptors (Lipinski definition) is 2. The number of hydrogen-bond donors (Lipinski definition) is 1. The Morgan fingerprint density at radius 1 is 1.40 bits per heavy atom. The first-order valence-electron chi connectivity index (χ1n) is 6.04. The molecule has 1 saturated carbocycles. The van der Waals surface area contributed by atoms with Crippen molar-refractivity contribution in [3.8, 4) is 0 Å². The molecule has 2 rings (SSSR count). The minimum absolute atomic E-state index is 0.271. The van der Waals surface area contributed by atoms with Crippen molar-refractivity contribution in [3.63, 3.8) is 0 Å². The average Bonchev–Trinajstić information content (AvgIpc) is 2.94. The van der Waals surface area contributed by atoms with Crippen LogP contribution in [0.15, 0.2) is 0 Å². The highest BCUT2D eigenvalue weighted by Gasteiger charge is 2.49. The molecular weight excluding hydrogens is 188 g/mol. The molecule has 0 aromatic heterocycles. The summed E-state index contributed by atoms with van der Waals surface area (Å²) in [7, 11) is 0. The Bertz CT molecular complexity index is 269. The number of carbonyl (C=O) groups is 1. The molecule has 1 N–H and O–H groups in total. The molecule has 15 heavy (non-hydrogen) atoms. The van der Waals surface area contributed by atoms with E-state index in [0.717, 1.165) is 26.1 Å². The van der Waals surface area contributed by atoms with E-state index in [1.54, 1.807) is 0 Å². The molecule has 2 aliphatic rings. The Hall–Kier alpha value is -0.570. The Labute approximate surface area is 92.2 Å². The summed E-state index contributed by atoms with van der Waals surface area (Å²) in [6.45, 7) is 9.02. The molecule has 0 aromatic carbocycles. The van der Waals surface area contributed by atoms with Gasteiger partial charge in [-0.15, -0.1) is 0 Å². The lowest BCUT2D eigenvalue weighted by atomic mass is 10.0. The van der Waals surface area contributed by atoms with Gasteiger partial charge in [-0.25, -0.2) is 0 Å². The third kappa shape index (κ3) is 2.03. The highest BCUT2D eigenvalue weighted by Crippen LogP contribution is 2.47. The standard InChI is InChI=1S/C12H22N2O/c1-4-7-14-9-12(5-6-12)8-13-11(2,3)10(14)15/h13H,4-9H2,1-3H3. The van der Waals surface area contributed by atoms with E-state index in [-0.39, 0.29) is 11.4 Å². The second-order valence-electron chi connectivity index (χ2n) is 5.71. The first-order chi connectivity index (χ1) is 6.99. The van der Waals surface area contributed by atoms with Gasteiger partial charge in [-0.05, 0) is 33.1 Å². The fraction of sp³-hybridized carbons (Fsp3) is 0.917. The molecule has 1 amide bonds. The van der Waals surface area contributed by atoms with Gasteiger partial charge in [0.15, 0.2) is 0 Å². The highest BCUT2D eigenvalue weighted by molar-refractivity contribution is 5.86. The van der Waals surface area contributed by atoms with Gasteiger partial charge in [0, 0.05) is 25.0 Å². The number of nitrogens with one attached hydrogen (secondary N) is 1. The van der Waals surface area contributed by atoms with Crippen molar-refractivity contribution in [2.45, 2.75) is 45.6 Å². The first kappa shape index (κ1) is 10.9. The van der Waals surface area contributed by atoms with Gasteiger partial charge in [0.1, 0.15) is 0 Å². The van der Waals surface area contributed by atoms with Crippen LogP contribution in [0.3, 0.4) is 0 Å². The molecule has 86 valence electrons. The monoisotopic (exact) mass is 210 g/mol. The van der Waals surface area contributed by atoms with Crippen LogP contribution >= 0.6 is 0 Å². The summed E-state index contributed by atoms with van der Waals surface area (Å²) in [6, 6.07) is 0. The van der Waals surface area contributed by atoms with Crippen molar-refractivity contribution < 1.29 is 4.79 Å². The lowest BCUT2D eigenvalue weighted by Gasteiger charge is -2.29. The quantitative estimate of drug-likeness (QED) is 0.747. The minimum atomic E-state index is -0.374. The topological polar surface area (TPSA) is 32.3 Å². The van der Waals surface area contributed by atoms with Crippen molar-refractivity contribution in [3.05, 3.63) is 0 Å². The van der Waals surface area contributed by atoms with Crippen molar-refractivity contribution in [2.24, 2.45) is 5.41 Å². The van der Waals surface area contributed by atoms with Gasteiger partial charge in [0.05, 0.1) is 5.54 Å². The molecule has 0 bridgehead atoms. The largest absolute Gasteiger partial charge is 0.341 e. The molecule has 0 unspecified atom stereocenters. The van der Waals surface area contributed by atoms with E-state index in [9.17, 15) is 4.79 Å². The second-order valence-corrected chi connectivity index (χ2v) is 5.71. The summed E-state index contributed by atoms with van der Waals surface area (Å²) in [5, 5.41) is 3.42. The van der Waals surface area contributed by atoms with Gasteiger partial charge in [0.2, 0.25) is 5.91 Å². The van der Waals surface area contributed by atoms with Crippen molar-refractivity contribution in [1.29, 1.82) is 0 Å². The Kier molecular flexibility index (Phi) is 2.53. The summed E-state index contributed by atoms with van der Waals surface area (Å²) in [6.07, 6.45) is 3.62. The van der Waals surface area contributed by atoms with Crippen molar-refractivity contribution in [1.82, 2.24) is 10.2 Å². The SMILES string of the molecule is CCCN1CC2(CC2)CNC(C)(C)C1=O. The highest BCUT2D eigenvalue weighted by atomic mass is 16.2. The van der Waals surface area contributed by atoms with Gasteiger partial charge >= 0.3 is 0 Å². The molecule has 0 atom stereocenters. The van der Waals surface area contributed by atoms with Crippen LogP contribution in [0, 0.1) is 5.41 Å². The van der Waals surface area contributed by atoms with Gasteiger partial charge in [-0.1, -0.05) is 6.92 Å². The summed E-state index contributed by atoms with van der Waals surface area (Å²) in [5.74, 6) is 0.271. The van der Waals surface area contributed by atoms with E-state index >= 15 is 0 Å². The lowest BCUT2D eigenvalue weighted by Crippen LogP contribution is -2.51. The van der Waals surface area contributed by atoms with Crippen LogP contribution < -0.4 is 5.32 Å². The lowest BCUT2D eigenvalue weighted by molar-refractivity contribution is -0.136. The molecule has 0 aromatic rings. The summed E-state index contributed by atoms with van der Waals surface area (Å²) in [4.78, 5) is 14.3. The second kappa shape index (κ2) is 3.48. The Morgan fingerprint density at radius 3 is 2.60 bits per heavy atom. The van der Waals surface area contributed by atoms with Crippen LogP contribution in [0.4, 0.5) is 0 Å². The molecule has 1 aliphatic heterocycles. The number of carbonyl (C=O) groups excluding carboxylic acids is 1. The van der Waals surface area contributed by atoms with Crippen molar-refractivity contribution >= 4 is 5.91 Å². The normalized spacial score (nSPS) is 27.9. The van der Waals surface area contributed by atoms with Gasteiger partial charge in [-0.2, -0.15) is 0 Å². The summed E-state index contributed by atoms with van der Waals surface area (Å²) < 4.78 is 0. The average molecular weight is 210 g/mol. The van der Waals surface area contributed by atoms with Crippen LogP contribution in [0.5, 0.6) is 0 Å². The Balaban J connectivity index is 2.15. The predicted molar refractivity (Wildman–Crippen MR) is 60.6 cm³/mol. The number of nitrogens with zero attached hydrogens (tertiary/aromatic N) is 1. The van der Waals surface area contributed by atoms with Crippen LogP contribution in [0.2, 0.25) is 0 Å². The molecule has 1 spiro atoms. The van der Waals surface area contributed by atoms with Gasteiger partial charge in [0.25, 0.3) is 0 Å². The van der Waals surface area contributed by atoms with Crippen LogP contribution in [-0.4, -0.2) is 36.0 Å². The maximum Gasteiger partial charge on any atom is 0.242 e. The van der Waals surface area contributed by atoms with Crippen molar-refractivity contribution in [2.75, 3.05) is 19.6 Å². The first-order valence-corrected chi connectivity index (χ1v) is 6.04. The van der Waals surface area contributed by atoms with Gasteiger partial charge < -0.3 is 10.2 Å². The predicted octanol–water partition coefficient (Wildman–Crippen LogP) is 1.39. The maximum atomic E-state index is 12.2. The van der Waals surface area contributed by atoms with Crippen LogP contribution in [-0.2, 0) is 4.79 Å². The molecule has 0 radical (unpaired) electrons. The zero-order valence-corrected chi connectivity index (χ0v) is 10.1.